The molecule has 0 aromatic carbocycles. The third-order valence-electron chi connectivity index (χ3n) is 4.99. The van der Waals surface area contributed by atoms with Gasteiger partial charge >= 0.3 is 17.9 Å². The third kappa shape index (κ3) is 6.29. The van der Waals surface area contributed by atoms with Crippen LogP contribution >= 0.6 is 11.8 Å². The smallest absolute Gasteiger partial charge is 0.306 e. The van der Waals surface area contributed by atoms with E-state index in [9.17, 15) is 14.4 Å². The molecule has 2 N–H and O–H groups in total. The maximum Gasteiger partial charge on any atom is 0.306 e. The van der Waals surface area contributed by atoms with Gasteiger partial charge in [-0.2, -0.15) is 4.98 Å². The lowest BCUT2D eigenvalue weighted by molar-refractivity contribution is -0.168. The molecular formula is C22H32N4O7S. The lowest BCUT2D eigenvalue weighted by Gasteiger charge is -2.30. The highest BCUT2D eigenvalue weighted by Crippen LogP contribution is 2.42. The number of carbonyl (C=O) groups excluding carboxylic acids is 3. The maximum atomic E-state index is 12.7. The maximum absolute atomic E-state index is 12.7. The SMILES string of the molecule is [2H]C(CC)C(=O)OC[C@H]1OC(N2CSc3cnc(N)nc32)[C@H](OC(=O)C([2H])CC)[C@@H]1OC(=O)C([2H])CC. The first-order chi connectivity index (χ1) is 17.6. The topological polar surface area (TPSA) is 143 Å². The van der Waals surface area contributed by atoms with E-state index in [2.05, 4.69) is 9.97 Å². The number of esters is 3. The van der Waals surface area contributed by atoms with Gasteiger partial charge in [-0.3, -0.25) is 14.4 Å². The number of aromatic nitrogens is 2. The van der Waals surface area contributed by atoms with Crippen LogP contribution in [0.5, 0.6) is 0 Å². The molecule has 2 aliphatic heterocycles. The average Bonchev–Trinajstić information content (AvgIpc) is 3.45. The summed E-state index contributed by atoms with van der Waals surface area (Å²) in [6.45, 7) is 4.59. The van der Waals surface area contributed by atoms with Crippen molar-refractivity contribution in [3.05, 3.63) is 6.20 Å². The molecule has 1 aromatic heterocycles. The van der Waals surface area contributed by atoms with Gasteiger partial charge in [-0.1, -0.05) is 32.5 Å². The molecule has 0 radical (unpaired) electrons. The lowest BCUT2D eigenvalue weighted by atomic mass is 10.1. The summed E-state index contributed by atoms with van der Waals surface area (Å²) in [4.78, 5) is 48.1. The first-order valence-electron chi connectivity index (χ1n) is 12.9. The molecule has 0 bridgehead atoms. The van der Waals surface area contributed by atoms with Crippen molar-refractivity contribution in [3.63, 3.8) is 0 Å². The number of nitrogens with two attached hydrogens (primary N) is 1. The van der Waals surface area contributed by atoms with Gasteiger partial charge in [0.25, 0.3) is 0 Å². The molecule has 4 unspecified atom stereocenters. The minimum Gasteiger partial charge on any atom is -0.463 e. The highest BCUT2D eigenvalue weighted by molar-refractivity contribution is 7.99. The Morgan fingerprint density at radius 1 is 1.12 bits per heavy atom. The van der Waals surface area contributed by atoms with Crippen LogP contribution in [0.4, 0.5) is 11.8 Å². The van der Waals surface area contributed by atoms with E-state index in [1.54, 1.807) is 31.9 Å². The van der Waals surface area contributed by atoms with Gasteiger partial charge in [0.15, 0.2) is 24.3 Å². The van der Waals surface area contributed by atoms with Crippen molar-refractivity contribution in [2.24, 2.45) is 0 Å². The van der Waals surface area contributed by atoms with Crippen LogP contribution in [0.1, 0.15) is 63.3 Å². The Hall–Kier alpha value is -2.60. The van der Waals surface area contributed by atoms with E-state index >= 15 is 0 Å². The molecule has 188 valence electrons. The Kier molecular flexibility index (Phi) is 7.86. The summed E-state index contributed by atoms with van der Waals surface area (Å²) in [5, 5.41) is 0. The van der Waals surface area contributed by atoms with E-state index in [4.69, 9.17) is 28.8 Å². The number of hydrogen-bond acceptors (Lipinski definition) is 12. The molecule has 3 rings (SSSR count). The molecule has 3 heterocycles. The summed E-state index contributed by atoms with van der Waals surface area (Å²) in [6, 6.07) is 0. The Balaban J connectivity index is 1.96. The summed E-state index contributed by atoms with van der Waals surface area (Å²) >= 11 is 1.39. The minimum absolute atomic E-state index is 0.0181. The van der Waals surface area contributed by atoms with Crippen LogP contribution in [0.2, 0.25) is 0 Å². The van der Waals surface area contributed by atoms with Crippen molar-refractivity contribution in [2.45, 2.75) is 88.7 Å². The largest absolute Gasteiger partial charge is 0.463 e. The fourth-order valence-corrected chi connectivity index (χ4v) is 4.49. The molecule has 11 nitrogen and oxygen atoms in total. The Labute approximate surface area is 207 Å². The molecule has 34 heavy (non-hydrogen) atoms. The fourth-order valence-electron chi connectivity index (χ4n) is 3.53. The number of nitrogen functional groups attached to an aromatic ring is 1. The van der Waals surface area contributed by atoms with Crippen LogP contribution in [-0.2, 0) is 33.3 Å². The molecular weight excluding hydrogens is 464 g/mol. The first-order valence-corrected chi connectivity index (χ1v) is 12.1. The van der Waals surface area contributed by atoms with Crippen LogP contribution in [0, 0.1) is 0 Å². The molecule has 0 spiro atoms. The van der Waals surface area contributed by atoms with Crippen molar-refractivity contribution in [3.8, 4) is 0 Å². The number of carbonyl (C=O) groups is 3. The molecule has 12 heteroatoms. The van der Waals surface area contributed by atoms with Crippen LogP contribution in [-0.4, -0.2) is 64.9 Å². The number of fused-ring (bicyclic) bond motifs is 1. The molecule has 2 aliphatic rings. The molecule has 1 fully saturated rings. The second kappa shape index (κ2) is 12.2. The van der Waals surface area contributed by atoms with E-state index < -0.39 is 61.6 Å². The zero-order valence-corrected chi connectivity index (χ0v) is 20.2. The van der Waals surface area contributed by atoms with Crippen LogP contribution in [0.15, 0.2) is 11.1 Å². The van der Waals surface area contributed by atoms with Gasteiger partial charge in [-0.15, -0.1) is 0 Å². The Morgan fingerprint density at radius 2 is 1.74 bits per heavy atom. The van der Waals surface area contributed by atoms with Gasteiger partial charge in [0.2, 0.25) is 5.95 Å². The van der Waals surface area contributed by atoms with Gasteiger partial charge < -0.3 is 29.6 Å². The van der Waals surface area contributed by atoms with Gasteiger partial charge in [-0.05, 0) is 19.3 Å². The summed E-state index contributed by atoms with van der Waals surface area (Å²) in [5.41, 5.74) is 5.78. The van der Waals surface area contributed by atoms with Gasteiger partial charge in [0, 0.05) is 29.5 Å². The first kappa shape index (κ1) is 21.9. The third-order valence-corrected chi connectivity index (χ3v) is 5.99. The number of rotatable bonds is 11. The standard InChI is InChI=1S/C22H32N4O7S/c1-4-7-15(27)30-11-13-18(32-16(28)8-5-2)19(33-17(29)9-6-3)21(31-13)26-12-34-14-10-24-22(23)25-20(14)26/h10,13,18-19,21H,4-9,11-12H2,1-3H3,(H2,23,24,25)/t13-,18-,19-,21?/m1/s1/i7D,8D,9D/t7?,8?,9?,13-,18-,19-,21?. The van der Waals surface area contributed by atoms with Gasteiger partial charge in [0.1, 0.15) is 12.7 Å². The highest BCUT2D eigenvalue weighted by Gasteiger charge is 2.53. The summed E-state index contributed by atoms with van der Waals surface area (Å²) < 4.78 is 46.4. The molecule has 7 atom stereocenters. The van der Waals surface area contributed by atoms with Crippen molar-refractivity contribution in [2.75, 3.05) is 23.1 Å². The minimum atomic E-state index is -1.25. The van der Waals surface area contributed by atoms with E-state index in [-0.39, 0.29) is 31.8 Å². The van der Waals surface area contributed by atoms with Crippen molar-refractivity contribution in [1.29, 1.82) is 0 Å². The predicted molar refractivity (Wildman–Crippen MR) is 124 cm³/mol. The van der Waals surface area contributed by atoms with Gasteiger partial charge in [0.05, 0.1) is 10.8 Å². The zero-order valence-electron chi connectivity index (χ0n) is 22.3. The van der Waals surface area contributed by atoms with Crippen molar-refractivity contribution >= 4 is 41.4 Å². The summed E-state index contributed by atoms with van der Waals surface area (Å²) in [7, 11) is 0. The van der Waals surface area contributed by atoms with Crippen LogP contribution < -0.4 is 10.6 Å². The van der Waals surface area contributed by atoms with Crippen LogP contribution in [0.3, 0.4) is 0 Å². The zero-order chi connectivity index (χ0) is 27.3. The summed E-state index contributed by atoms with van der Waals surface area (Å²) in [5.74, 6) is -1.72. The quantitative estimate of drug-likeness (QED) is 0.353. The van der Waals surface area contributed by atoms with Crippen molar-refractivity contribution < 1.29 is 37.4 Å². The number of hydrogen-bond donors (Lipinski definition) is 1. The van der Waals surface area contributed by atoms with E-state index in [0.29, 0.717) is 16.6 Å². The molecule has 0 amide bonds. The number of anilines is 2. The Bertz CT molecular complexity index is 994. The number of ether oxygens (including phenoxy) is 4. The van der Waals surface area contributed by atoms with E-state index in [1.165, 1.54) is 11.8 Å². The number of thioether (sulfide) groups is 1. The lowest BCUT2D eigenvalue weighted by Crippen LogP contribution is -2.47. The second-order valence-corrected chi connectivity index (χ2v) is 8.48. The molecule has 1 aromatic rings. The van der Waals surface area contributed by atoms with Gasteiger partial charge in [-0.25, -0.2) is 4.98 Å². The number of nitrogens with zero attached hydrogens (tertiary/aromatic N) is 3. The van der Waals surface area contributed by atoms with E-state index in [1.807, 2.05) is 0 Å². The fraction of sp³-hybridized carbons (Fsp3) is 0.682. The normalized spacial score (nSPS) is 27.5. The predicted octanol–water partition coefficient (Wildman–Crippen LogP) is 2.42. The average molecular weight is 500 g/mol. The second-order valence-electron chi connectivity index (χ2n) is 7.49. The monoisotopic (exact) mass is 499 g/mol. The highest BCUT2D eigenvalue weighted by atomic mass is 32.2. The Morgan fingerprint density at radius 3 is 2.38 bits per heavy atom. The molecule has 1 saturated heterocycles. The van der Waals surface area contributed by atoms with Crippen molar-refractivity contribution in [1.82, 2.24) is 9.97 Å². The molecule has 0 aliphatic carbocycles. The van der Waals surface area contributed by atoms with Crippen LogP contribution in [0.25, 0.3) is 0 Å². The molecule has 0 saturated carbocycles. The summed E-state index contributed by atoms with van der Waals surface area (Å²) in [6.07, 6.45) is -5.89. The van der Waals surface area contributed by atoms with E-state index in [0.717, 1.165) is 0 Å².